The van der Waals surface area contributed by atoms with E-state index in [1.807, 2.05) is 16.7 Å². The highest BCUT2D eigenvalue weighted by molar-refractivity contribution is 5.75. The first-order chi connectivity index (χ1) is 9.08. The fraction of sp³-hybridized carbons (Fsp3) is 0.846. The summed E-state index contributed by atoms with van der Waals surface area (Å²) in [5, 5.41) is 8.68. The molecule has 2 unspecified atom stereocenters. The third-order valence-corrected chi connectivity index (χ3v) is 3.94. The monoisotopic (exact) mass is 270 g/mol. The van der Waals surface area contributed by atoms with Crippen LogP contribution in [0.3, 0.4) is 0 Å². The maximum absolute atomic E-state index is 12.4. The second-order valence-electron chi connectivity index (χ2n) is 5.43. The van der Waals surface area contributed by atoms with Gasteiger partial charge in [-0.1, -0.05) is 0 Å². The minimum absolute atomic E-state index is 0.0774. The first kappa shape index (κ1) is 14.1. The van der Waals surface area contributed by atoms with Crippen molar-refractivity contribution in [2.24, 2.45) is 5.92 Å². The molecule has 2 heterocycles. The number of morpholine rings is 1. The summed E-state index contributed by atoms with van der Waals surface area (Å²) in [6.45, 7) is 5.28. The van der Waals surface area contributed by atoms with Gasteiger partial charge in [0.25, 0.3) is 0 Å². The summed E-state index contributed by atoms with van der Waals surface area (Å²) < 4.78 is 5.33. The number of hydrogen-bond acceptors (Lipinski definition) is 3. The Balaban J connectivity index is 1.82. The van der Waals surface area contributed by atoms with Gasteiger partial charge in [-0.05, 0) is 25.7 Å². The molecule has 2 fully saturated rings. The number of likely N-dealkylation sites (tertiary alicyclic amines) is 1. The Kier molecular flexibility index (Phi) is 4.63. The van der Waals surface area contributed by atoms with E-state index < -0.39 is 5.97 Å². The number of nitrogens with zero attached hydrogens (tertiary/aromatic N) is 2. The van der Waals surface area contributed by atoms with E-state index in [-0.39, 0.29) is 18.5 Å². The second-order valence-corrected chi connectivity index (χ2v) is 5.43. The van der Waals surface area contributed by atoms with Crippen molar-refractivity contribution in [3.8, 4) is 0 Å². The molecule has 108 valence electrons. The largest absolute Gasteiger partial charge is 0.481 e. The molecule has 0 aliphatic carbocycles. The summed E-state index contributed by atoms with van der Waals surface area (Å²) in [5.41, 5.74) is 0. The molecule has 0 saturated carbocycles. The molecule has 0 bridgehead atoms. The number of ether oxygens (including phenoxy) is 1. The molecule has 6 nitrogen and oxygen atoms in total. The number of amides is 2. The molecule has 0 aromatic heterocycles. The van der Waals surface area contributed by atoms with E-state index in [4.69, 9.17) is 9.84 Å². The Morgan fingerprint density at radius 3 is 2.84 bits per heavy atom. The topological polar surface area (TPSA) is 70.1 Å². The Morgan fingerprint density at radius 2 is 2.16 bits per heavy atom. The lowest BCUT2D eigenvalue weighted by molar-refractivity contribution is -0.137. The van der Waals surface area contributed by atoms with E-state index in [2.05, 4.69) is 0 Å². The van der Waals surface area contributed by atoms with Crippen LogP contribution < -0.4 is 0 Å². The lowest BCUT2D eigenvalue weighted by Crippen LogP contribution is -2.52. The zero-order chi connectivity index (χ0) is 13.8. The van der Waals surface area contributed by atoms with E-state index in [9.17, 15) is 9.59 Å². The number of urea groups is 1. The van der Waals surface area contributed by atoms with Crippen LogP contribution in [0, 0.1) is 5.92 Å². The van der Waals surface area contributed by atoms with Crippen molar-refractivity contribution in [1.82, 2.24) is 9.80 Å². The molecule has 2 atom stereocenters. The van der Waals surface area contributed by atoms with Crippen LogP contribution in [0.15, 0.2) is 0 Å². The number of hydrogen-bond donors (Lipinski definition) is 1. The van der Waals surface area contributed by atoms with Gasteiger partial charge in [-0.2, -0.15) is 0 Å². The van der Waals surface area contributed by atoms with Crippen molar-refractivity contribution < 1.29 is 19.4 Å². The first-order valence-corrected chi connectivity index (χ1v) is 6.93. The third-order valence-electron chi connectivity index (χ3n) is 3.94. The van der Waals surface area contributed by atoms with Gasteiger partial charge in [0.05, 0.1) is 19.3 Å². The minimum Gasteiger partial charge on any atom is -0.481 e. The predicted octanol–water partition coefficient (Wildman–Crippen LogP) is 1.01. The van der Waals surface area contributed by atoms with Gasteiger partial charge >= 0.3 is 12.0 Å². The number of carbonyl (C=O) groups excluding carboxylic acids is 1. The van der Waals surface area contributed by atoms with Gasteiger partial charge in [-0.25, -0.2) is 4.79 Å². The van der Waals surface area contributed by atoms with E-state index in [0.717, 1.165) is 13.0 Å². The Morgan fingerprint density at radius 1 is 1.37 bits per heavy atom. The van der Waals surface area contributed by atoms with Gasteiger partial charge in [0.1, 0.15) is 0 Å². The molecule has 6 heteroatoms. The molecule has 19 heavy (non-hydrogen) atoms. The van der Waals surface area contributed by atoms with Crippen LogP contribution in [-0.2, 0) is 9.53 Å². The molecule has 0 aromatic rings. The van der Waals surface area contributed by atoms with Gasteiger partial charge < -0.3 is 19.6 Å². The van der Waals surface area contributed by atoms with Gasteiger partial charge in [0.15, 0.2) is 0 Å². The number of carboxylic acids is 1. The van der Waals surface area contributed by atoms with E-state index in [0.29, 0.717) is 38.6 Å². The van der Waals surface area contributed by atoms with Gasteiger partial charge in [0, 0.05) is 26.1 Å². The van der Waals surface area contributed by atoms with Crippen LogP contribution in [-0.4, -0.2) is 65.8 Å². The summed E-state index contributed by atoms with van der Waals surface area (Å²) >= 11 is 0. The quantitative estimate of drug-likeness (QED) is 0.831. The van der Waals surface area contributed by atoms with Crippen molar-refractivity contribution >= 4 is 12.0 Å². The summed E-state index contributed by atoms with van der Waals surface area (Å²) in [7, 11) is 0. The normalized spacial score (nSPS) is 27.6. The van der Waals surface area contributed by atoms with Crippen molar-refractivity contribution in [2.75, 3.05) is 32.8 Å². The summed E-state index contributed by atoms with van der Waals surface area (Å²) in [6.07, 6.45) is 1.77. The van der Waals surface area contributed by atoms with E-state index >= 15 is 0 Å². The molecule has 2 amide bonds. The standard InChI is InChI=1S/C13H22N2O4/c1-10-9-19-7-6-15(10)13(18)14-5-4-11(8-14)2-3-12(16)17/h10-11H,2-9H2,1H3,(H,16,17). The minimum atomic E-state index is -0.758. The zero-order valence-corrected chi connectivity index (χ0v) is 11.4. The zero-order valence-electron chi connectivity index (χ0n) is 11.4. The molecule has 0 spiro atoms. The Bertz CT molecular complexity index is 348. The fourth-order valence-corrected chi connectivity index (χ4v) is 2.76. The van der Waals surface area contributed by atoms with Crippen LogP contribution in [0.2, 0.25) is 0 Å². The lowest BCUT2D eigenvalue weighted by Gasteiger charge is -2.36. The maximum atomic E-state index is 12.4. The van der Waals surface area contributed by atoms with E-state index in [1.165, 1.54) is 0 Å². The van der Waals surface area contributed by atoms with Gasteiger partial charge in [-0.3, -0.25) is 4.79 Å². The van der Waals surface area contributed by atoms with Crippen molar-refractivity contribution in [3.63, 3.8) is 0 Å². The van der Waals surface area contributed by atoms with Crippen molar-refractivity contribution in [2.45, 2.75) is 32.2 Å². The summed E-state index contributed by atoms with van der Waals surface area (Å²) in [6, 6.07) is 0.202. The summed E-state index contributed by atoms with van der Waals surface area (Å²) in [5.74, 6) is -0.428. The SMILES string of the molecule is CC1COCCN1C(=O)N1CCC(CCC(=O)O)C1. The molecular weight excluding hydrogens is 248 g/mol. The molecule has 2 aliphatic heterocycles. The smallest absolute Gasteiger partial charge is 0.320 e. The molecule has 1 N–H and O–H groups in total. The molecule has 0 radical (unpaired) electrons. The highest BCUT2D eigenvalue weighted by Crippen LogP contribution is 2.23. The molecule has 2 rings (SSSR count). The summed E-state index contributed by atoms with van der Waals surface area (Å²) in [4.78, 5) is 26.7. The average molecular weight is 270 g/mol. The highest BCUT2D eigenvalue weighted by atomic mass is 16.5. The second kappa shape index (κ2) is 6.23. The van der Waals surface area contributed by atoms with Crippen LogP contribution >= 0.6 is 0 Å². The highest BCUT2D eigenvalue weighted by Gasteiger charge is 2.32. The van der Waals surface area contributed by atoms with Crippen molar-refractivity contribution in [1.29, 1.82) is 0 Å². The van der Waals surface area contributed by atoms with Crippen LogP contribution in [0.5, 0.6) is 0 Å². The van der Waals surface area contributed by atoms with Gasteiger partial charge in [0.2, 0.25) is 0 Å². The van der Waals surface area contributed by atoms with E-state index in [1.54, 1.807) is 0 Å². The fourth-order valence-electron chi connectivity index (χ4n) is 2.76. The Hall–Kier alpha value is -1.30. The number of rotatable bonds is 3. The predicted molar refractivity (Wildman–Crippen MR) is 68.9 cm³/mol. The van der Waals surface area contributed by atoms with Crippen molar-refractivity contribution in [3.05, 3.63) is 0 Å². The molecular formula is C13H22N2O4. The molecule has 2 saturated heterocycles. The molecule has 2 aliphatic rings. The number of carboxylic acid groups (broad SMARTS) is 1. The first-order valence-electron chi connectivity index (χ1n) is 6.93. The average Bonchev–Trinajstić information content (AvgIpc) is 2.85. The Labute approximate surface area is 113 Å². The third kappa shape index (κ3) is 3.59. The molecule has 0 aromatic carbocycles. The van der Waals surface area contributed by atoms with Crippen LogP contribution in [0.1, 0.15) is 26.2 Å². The number of carbonyl (C=O) groups is 2. The number of aliphatic carboxylic acids is 1. The lowest BCUT2D eigenvalue weighted by atomic mass is 10.0. The van der Waals surface area contributed by atoms with Crippen LogP contribution in [0.25, 0.3) is 0 Å². The van der Waals surface area contributed by atoms with Crippen LogP contribution in [0.4, 0.5) is 4.79 Å². The maximum Gasteiger partial charge on any atom is 0.320 e. The van der Waals surface area contributed by atoms with Gasteiger partial charge in [-0.15, -0.1) is 0 Å².